The highest BCUT2D eigenvalue weighted by Gasteiger charge is 2.34. The van der Waals surface area contributed by atoms with Gasteiger partial charge in [0.2, 0.25) is 0 Å². The van der Waals surface area contributed by atoms with E-state index in [0.29, 0.717) is 44.9 Å². The van der Waals surface area contributed by atoms with Crippen molar-refractivity contribution in [2.75, 3.05) is 0 Å². The number of benzene rings is 8. The van der Waals surface area contributed by atoms with Gasteiger partial charge in [0.1, 0.15) is 28.8 Å². The Hall–Kier alpha value is -9.09. The number of furan rings is 1. The van der Waals surface area contributed by atoms with Gasteiger partial charge in [0.15, 0.2) is 5.58 Å². The fourth-order valence-corrected chi connectivity index (χ4v) is 10.6. The van der Waals surface area contributed by atoms with Crippen molar-refractivity contribution in [3.05, 3.63) is 192 Å². The van der Waals surface area contributed by atoms with Crippen LogP contribution in [0.4, 0.5) is 0 Å². The predicted octanol–water partition coefficient (Wildman–Crippen LogP) is 14.0. The first-order valence-corrected chi connectivity index (χ1v) is 21.3. The van der Waals surface area contributed by atoms with Gasteiger partial charge in [-0.2, -0.15) is 15.8 Å². The molecule has 4 aromatic heterocycles. The van der Waals surface area contributed by atoms with E-state index in [1.54, 1.807) is 0 Å². The van der Waals surface area contributed by atoms with Crippen molar-refractivity contribution in [2.24, 2.45) is 0 Å². The lowest BCUT2D eigenvalue weighted by Crippen LogP contribution is -2.15. The molecule has 4 heterocycles. The third-order valence-electron chi connectivity index (χ3n) is 13.2. The fraction of sp³-hybridized carbons (Fsp3) is 0.0351. The van der Waals surface area contributed by atoms with Gasteiger partial charge in [-0.05, 0) is 66.9 Å². The lowest BCUT2D eigenvalue weighted by molar-refractivity contribution is 0.671. The van der Waals surface area contributed by atoms with Gasteiger partial charge < -0.3 is 18.1 Å². The Kier molecular flexibility index (Phi) is 7.49. The minimum atomic E-state index is 0.326. The van der Waals surface area contributed by atoms with Gasteiger partial charge in [-0.3, -0.25) is 0 Å². The van der Waals surface area contributed by atoms with Gasteiger partial charge in [0.25, 0.3) is 0 Å². The van der Waals surface area contributed by atoms with E-state index in [1.165, 1.54) is 0 Å². The molecule has 0 bridgehead atoms. The third kappa shape index (κ3) is 4.71. The van der Waals surface area contributed by atoms with Gasteiger partial charge in [-0.25, -0.2) is 0 Å². The largest absolute Gasteiger partial charge is 0.454 e. The van der Waals surface area contributed by atoms with E-state index in [9.17, 15) is 15.8 Å². The van der Waals surface area contributed by atoms with Crippen molar-refractivity contribution < 1.29 is 4.42 Å². The summed E-state index contributed by atoms with van der Waals surface area (Å²) in [5, 5.41) is 41.2. The monoisotopic (exact) mass is 816 g/mol. The molecule has 0 aliphatic heterocycles. The van der Waals surface area contributed by atoms with E-state index < -0.39 is 0 Å². The first-order valence-electron chi connectivity index (χ1n) is 21.3. The Morgan fingerprint density at radius 1 is 0.453 bits per heavy atom. The molecule has 0 spiro atoms. The molecule has 0 saturated carbocycles. The average molecular weight is 817 g/mol. The Labute approximate surface area is 366 Å². The molecule has 0 amide bonds. The van der Waals surface area contributed by atoms with Crippen LogP contribution in [0.3, 0.4) is 0 Å². The van der Waals surface area contributed by atoms with Crippen LogP contribution < -0.4 is 0 Å². The van der Waals surface area contributed by atoms with Crippen molar-refractivity contribution >= 4 is 82.5 Å². The van der Waals surface area contributed by atoms with Crippen LogP contribution in [0, 0.1) is 34.0 Å². The van der Waals surface area contributed by atoms with E-state index in [0.717, 1.165) is 101 Å². The number of allylic oxidation sites excluding steroid dienone is 1. The van der Waals surface area contributed by atoms with Gasteiger partial charge in [-0.15, -0.1) is 0 Å². The Bertz CT molecular complexity index is 4110. The summed E-state index contributed by atoms with van der Waals surface area (Å²) in [7, 11) is 0. The molecule has 0 atom stereocenters. The second kappa shape index (κ2) is 13.5. The number of aromatic nitrogens is 3. The van der Waals surface area contributed by atoms with Crippen LogP contribution in [-0.4, -0.2) is 13.7 Å². The van der Waals surface area contributed by atoms with Gasteiger partial charge in [-0.1, -0.05) is 121 Å². The SMILES string of the molecule is N#Cc1ccc(-c2c(-n3c4c(c5ccccc53)C=CCC4)c(C#N)c(-n3c4ccccc4c4ccc5c6ccccc6oc5c43)c(C#N)c2-n2c3ccccc3c3ccccc32)cc1. The summed E-state index contributed by atoms with van der Waals surface area (Å²) in [5.41, 5.74) is 12.4. The molecule has 7 nitrogen and oxygen atoms in total. The normalized spacial score (nSPS) is 12.5. The molecular formula is C57H32N6O. The predicted molar refractivity (Wildman–Crippen MR) is 256 cm³/mol. The molecule has 0 fully saturated rings. The highest BCUT2D eigenvalue weighted by molar-refractivity contribution is 6.22. The Balaban J connectivity index is 1.35. The van der Waals surface area contributed by atoms with Crippen LogP contribution in [0.15, 0.2) is 168 Å². The van der Waals surface area contributed by atoms with Crippen LogP contribution in [-0.2, 0) is 6.42 Å². The molecule has 13 rings (SSSR count). The van der Waals surface area contributed by atoms with E-state index in [1.807, 2.05) is 84.9 Å². The van der Waals surface area contributed by atoms with Crippen LogP contribution in [0.1, 0.15) is 34.4 Å². The molecule has 12 aromatic rings. The summed E-state index contributed by atoms with van der Waals surface area (Å²) in [6, 6.07) is 60.9. The van der Waals surface area contributed by atoms with Gasteiger partial charge in [0, 0.05) is 54.5 Å². The van der Waals surface area contributed by atoms with E-state index in [4.69, 9.17) is 4.42 Å². The minimum absolute atomic E-state index is 0.326. The number of rotatable bonds is 4. The molecule has 0 radical (unpaired) electrons. The second-order valence-electron chi connectivity index (χ2n) is 16.4. The summed E-state index contributed by atoms with van der Waals surface area (Å²) in [6.07, 6.45) is 6.00. The molecule has 7 heteroatoms. The maximum absolute atomic E-state index is 12.1. The standard InChI is InChI=1S/C57H32N6O/c58-31-34-25-27-35(28-26-34)52-54(61-46-19-7-1-13-36(46)37-14-2-8-20-47(37)61)44(32-59)53(45(33-60)55(52)62-48-21-9-3-15-38(48)39-16-4-10-22-49(39)62)63-50-23-11-5-17-40(50)42-29-30-43-41-18-6-12-24-51(41)64-57(43)56(42)63/h1-9,11-21,23-30H,10,22H2. The summed E-state index contributed by atoms with van der Waals surface area (Å²) >= 11 is 0. The highest BCUT2D eigenvalue weighted by atomic mass is 16.3. The molecule has 1 aliphatic carbocycles. The molecule has 296 valence electrons. The van der Waals surface area contributed by atoms with Crippen LogP contribution >= 0.6 is 0 Å². The van der Waals surface area contributed by atoms with Crippen molar-refractivity contribution in [1.82, 2.24) is 13.7 Å². The smallest absolute Gasteiger partial charge is 0.160 e. The molecular weight excluding hydrogens is 785 g/mol. The number of hydrogen-bond acceptors (Lipinski definition) is 4. The number of fused-ring (bicyclic) bond motifs is 13. The molecule has 0 unspecified atom stereocenters. The summed E-state index contributed by atoms with van der Waals surface area (Å²) in [5.74, 6) is 0. The maximum Gasteiger partial charge on any atom is 0.160 e. The van der Waals surface area contributed by atoms with E-state index >= 15 is 0 Å². The minimum Gasteiger partial charge on any atom is -0.454 e. The van der Waals surface area contributed by atoms with Crippen LogP contribution in [0.25, 0.3) is 111 Å². The molecule has 0 N–H and O–H groups in total. The topological polar surface area (TPSA) is 99.3 Å². The molecule has 1 aliphatic rings. The quantitative estimate of drug-likeness (QED) is 0.177. The zero-order chi connectivity index (χ0) is 42.6. The van der Waals surface area contributed by atoms with E-state index in [-0.39, 0.29) is 0 Å². The molecule has 64 heavy (non-hydrogen) atoms. The first-order chi connectivity index (χ1) is 31.7. The summed E-state index contributed by atoms with van der Waals surface area (Å²) < 4.78 is 13.5. The van der Waals surface area contributed by atoms with Crippen molar-refractivity contribution in [3.63, 3.8) is 0 Å². The van der Waals surface area contributed by atoms with Gasteiger partial charge >= 0.3 is 0 Å². The Morgan fingerprint density at radius 2 is 0.984 bits per heavy atom. The van der Waals surface area contributed by atoms with Crippen molar-refractivity contribution in [2.45, 2.75) is 12.8 Å². The molecule has 8 aromatic carbocycles. The van der Waals surface area contributed by atoms with Crippen LogP contribution in [0.2, 0.25) is 0 Å². The molecule has 0 saturated heterocycles. The Morgan fingerprint density at radius 3 is 1.62 bits per heavy atom. The third-order valence-corrected chi connectivity index (χ3v) is 13.2. The fourth-order valence-electron chi connectivity index (χ4n) is 10.6. The van der Waals surface area contributed by atoms with Crippen LogP contribution in [0.5, 0.6) is 0 Å². The first kappa shape index (κ1) is 35.6. The number of nitrogens with zero attached hydrogens (tertiary/aromatic N) is 6. The highest BCUT2D eigenvalue weighted by Crippen LogP contribution is 2.50. The lowest BCUT2D eigenvalue weighted by Gasteiger charge is -2.27. The maximum atomic E-state index is 12.1. The summed E-state index contributed by atoms with van der Waals surface area (Å²) in [6.45, 7) is 0. The van der Waals surface area contributed by atoms with Crippen molar-refractivity contribution in [1.29, 1.82) is 15.8 Å². The zero-order valence-corrected chi connectivity index (χ0v) is 34.2. The van der Waals surface area contributed by atoms with Gasteiger partial charge in [0.05, 0.1) is 56.3 Å². The zero-order valence-electron chi connectivity index (χ0n) is 34.2. The number of para-hydroxylation sites is 5. The number of nitriles is 3. The average Bonchev–Trinajstić information content (AvgIpc) is 4.10. The van der Waals surface area contributed by atoms with Crippen molar-refractivity contribution in [3.8, 4) is 46.4 Å². The van der Waals surface area contributed by atoms with E-state index in [2.05, 4.69) is 117 Å². The second-order valence-corrected chi connectivity index (χ2v) is 16.4. The number of hydrogen-bond donors (Lipinski definition) is 0. The lowest BCUT2D eigenvalue weighted by atomic mass is 9.91. The summed E-state index contributed by atoms with van der Waals surface area (Å²) in [4.78, 5) is 0.